The second-order valence-electron chi connectivity index (χ2n) is 2.95. The standard InChI is InChI=1S/C10H9NO4/c12-6-15-11-5-8(10(13)14)7-3-1-2-4-9(7)11/h1-5,12H,6H2,(H,13,14). The minimum atomic E-state index is -1.02. The van der Waals surface area contributed by atoms with Gasteiger partial charge in [0.05, 0.1) is 17.3 Å². The average Bonchev–Trinajstić information content (AvgIpc) is 2.59. The van der Waals surface area contributed by atoms with E-state index in [0.29, 0.717) is 10.9 Å². The molecule has 0 bridgehead atoms. The molecule has 0 fully saturated rings. The molecule has 0 aliphatic carbocycles. The summed E-state index contributed by atoms with van der Waals surface area (Å²) in [7, 11) is 0. The molecule has 78 valence electrons. The minimum Gasteiger partial charge on any atom is -0.478 e. The number of carboxylic acid groups (broad SMARTS) is 1. The monoisotopic (exact) mass is 207 g/mol. The normalized spacial score (nSPS) is 10.5. The number of benzene rings is 1. The average molecular weight is 207 g/mol. The van der Waals surface area contributed by atoms with Crippen molar-refractivity contribution in [3.8, 4) is 0 Å². The number of aromatic carboxylic acids is 1. The molecule has 0 unspecified atom stereocenters. The van der Waals surface area contributed by atoms with Gasteiger partial charge in [0.15, 0.2) is 0 Å². The second kappa shape index (κ2) is 3.62. The molecule has 0 saturated carbocycles. The Balaban J connectivity index is 2.67. The summed E-state index contributed by atoms with van der Waals surface area (Å²) in [4.78, 5) is 15.8. The number of hydrogen-bond acceptors (Lipinski definition) is 3. The number of aliphatic hydroxyl groups is 1. The highest BCUT2D eigenvalue weighted by Gasteiger charge is 2.13. The van der Waals surface area contributed by atoms with Crippen molar-refractivity contribution >= 4 is 16.9 Å². The van der Waals surface area contributed by atoms with Crippen LogP contribution in [0.3, 0.4) is 0 Å². The van der Waals surface area contributed by atoms with E-state index in [1.165, 1.54) is 10.9 Å². The van der Waals surface area contributed by atoms with Gasteiger partial charge in [-0.2, -0.15) is 4.73 Å². The molecule has 1 heterocycles. The Bertz CT molecular complexity index is 503. The summed E-state index contributed by atoms with van der Waals surface area (Å²) in [5.41, 5.74) is 0.767. The van der Waals surface area contributed by atoms with Crippen molar-refractivity contribution in [3.05, 3.63) is 36.0 Å². The number of hydrogen-bond donors (Lipinski definition) is 2. The van der Waals surface area contributed by atoms with Crippen LogP contribution in [0.4, 0.5) is 0 Å². The Hall–Kier alpha value is -2.01. The molecule has 15 heavy (non-hydrogen) atoms. The third kappa shape index (κ3) is 1.53. The summed E-state index contributed by atoms with van der Waals surface area (Å²) >= 11 is 0. The number of aromatic nitrogens is 1. The predicted octanol–water partition coefficient (Wildman–Crippen LogP) is 0.718. The molecular weight excluding hydrogens is 198 g/mol. The predicted molar refractivity (Wildman–Crippen MR) is 52.6 cm³/mol. The van der Waals surface area contributed by atoms with Gasteiger partial charge in [0, 0.05) is 5.39 Å². The number of para-hydroxylation sites is 1. The van der Waals surface area contributed by atoms with Crippen LogP contribution in [-0.4, -0.2) is 27.7 Å². The Labute approximate surface area is 85.1 Å². The maximum absolute atomic E-state index is 10.9. The van der Waals surface area contributed by atoms with E-state index >= 15 is 0 Å². The lowest BCUT2D eigenvalue weighted by Crippen LogP contribution is -2.10. The number of carboxylic acids is 1. The van der Waals surface area contributed by atoms with Crippen LogP contribution in [0.5, 0.6) is 0 Å². The summed E-state index contributed by atoms with van der Waals surface area (Å²) in [6.07, 6.45) is 1.34. The van der Waals surface area contributed by atoms with E-state index in [9.17, 15) is 4.79 Å². The van der Waals surface area contributed by atoms with Gasteiger partial charge in [-0.25, -0.2) is 4.79 Å². The second-order valence-corrected chi connectivity index (χ2v) is 2.95. The molecule has 5 heteroatoms. The molecule has 5 nitrogen and oxygen atoms in total. The van der Waals surface area contributed by atoms with Gasteiger partial charge < -0.3 is 15.1 Å². The maximum atomic E-state index is 10.9. The smallest absolute Gasteiger partial charge is 0.338 e. The summed E-state index contributed by atoms with van der Waals surface area (Å²) in [6, 6.07) is 6.93. The van der Waals surface area contributed by atoms with Gasteiger partial charge in [0.25, 0.3) is 0 Å². The van der Waals surface area contributed by atoms with Gasteiger partial charge >= 0.3 is 5.97 Å². The molecule has 0 saturated heterocycles. The van der Waals surface area contributed by atoms with Crippen LogP contribution in [0.15, 0.2) is 30.5 Å². The van der Waals surface area contributed by atoms with Crippen molar-refractivity contribution in [2.75, 3.05) is 6.79 Å². The van der Waals surface area contributed by atoms with Crippen LogP contribution in [0.25, 0.3) is 10.9 Å². The van der Waals surface area contributed by atoms with E-state index in [4.69, 9.17) is 15.1 Å². The Morgan fingerprint density at radius 2 is 2.13 bits per heavy atom. The summed E-state index contributed by atoms with van der Waals surface area (Å²) in [5, 5.41) is 18.2. The van der Waals surface area contributed by atoms with E-state index in [1.54, 1.807) is 24.3 Å². The number of rotatable bonds is 3. The third-order valence-corrected chi connectivity index (χ3v) is 2.11. The maximum Gasteiger partial charge on any atom is 0.338 e. The van der Waals surface area contributed by atoms with Gasteiger partial charge in [-0.05, 0) is 6.07 Å². The molecule has 1 aromatic heterocycles. The highest BCUT2D eigenvalue weighted by Crippen LogP contribution is 2.20. The molecule has 2 rings (SSSR count). The lowest BCUT2D eigenvalue weighted by Gasteiger charge is -2.02. The molecule has 1 aromatic carbocycles. The van der Waals surface area contributed by atoms with Gasteiger partial charge in [-0.3, -0.25) is 0 Å². The highest BCUT2D eigenvalue weighted by molar-refractivity contribution is 6.03. The van der Waals surface area contributed by atoms with E-state index in [2.05, 4.69) is 0 Å². The zero-order valence-corrected chi connectivity index (χ0v) is 7.75. The van der Waals surface area contributed by atoms with Crippen LogP contribution in [0.1, 0.15) is 10.4 Å². The molecule has 0 atom stereocenters. The molecule has 2 N–H and O–H groups in total. The SMILES string of the molecule is O=C(O)c1cn(OCO)c2ccccc12. The van der Waals surface area contributed by atoms with Crippen molar-refractivity contribution in [3.63, 3.8) is 0 Å². The number of carbonyl (C=O) groups is 1. The van der Waals surface area contributed by atoms with Gasteiger partial charge in [-0.1, -0.05) is 18.2 Å². The topological polar surface area (TPSA) is 71.7 Å². The number of fused-ring (bicyclic) bond motifs is 1. The first-order valence-corrected chi connectivity index (χ1v) is 4.31. The van der Waals surface area contributed by atoms with Crippen LogP contribution in [-0.2, 0) is 0 Å². The van der Waals surface area contributed by atoms with Crippen molar-refractivity contribution in [1.82, 2.24) is 4.73 Å². The van der Waals surface area contributed by atoms with E-state index in [1.807, 2.05) is 0 Å². The van der Waals surface area contributed by atoms with Gasteiger partial charge in [0.2, 0.25) is 6.79 Å². The largest absolute Gasteiger partial charge is 0.478 e. The van der Waals surface area contributed by atoms with Crippen molar-refractivity contribution in [2.24, 2.45) is 0 Å². The molecule has 0 aliphatic rings. The lowest BCUT2D eigenvalue weighted by molar-refractivity contribution is -0.00597. The van der Waals surface area contributed by atoms with Crippen LogP contribution in [0.2, 0.25) is 0 Å². The lowest BCUT2D eigenvalue weighted by atomic mass is 10.2. The van der Waals surface area contributed by atoms with Crippen molar-refractivity contribution in [2.45, 2.75) is 0 Å². The zero-order chi connectivity index (χ0) is 10.8. The highest BCUT2D eigenvalue weighted by atomic mass is 16.7. The van der Waals surface area contributed by atoms with E-state index < -0.39 is 12.8 Å². The summed E-state index contributed by atoms with van der Waals surface area (Å²) in [6.45, 7) is -0.502. The van der Waals surface area contributed by atoms with Gasteiger partial charge in [0.1, 0.15) is 0 Å². The van der Waals surface area contributed by atoms with Crippen molar-refractivity contribution in [1.29, 1.82) is 0 Å². The Morgan fingerprint density at radius 3 is 2.80 bits per heavy atom. The van der Waals surface area contributed by atoms with Crippen molar-refractivity contribution < 1.29 is 19.8 Å². The molecule has 0 aliphatic heterocycles. The number of aliphatic hydroxyl groups excluding tert-OH is 1. The van der Waals surface area contributed by atoms with Crippen LogP contribution >= 0.6 is 0 Å². The first-order valence-electron chi connectivity index (χ1n) is 4.31. The fourth-order valence-electron chi connectivity index (χ4n) is 1.49. The molecular formula is C10H9NO4. The summed E-state index contributed by atoms with van der Waals surface area (Å²) in [5.74, 6) is -1.02. The minimum absolute atomic E-state index is 0.152. The zero-order valence-electron chi connectivity index (χ0n) is 7.75. The number of nitrogens with zero attached hydrogens (tertiary/aromatic N) is 1. The first-order chi connectivity index (χ1) is 7.24. The Kier molecular flexibility index (Phi) is 2.31. The van der Waals surface area contributed by atoms with E-state index in [-0.39, 0.29) is 5.56 Å². The van der Waals surface area contributed by atoms with E-state index in [0.717, 1.165) is 0 Å². The fourth-order valence-corrected chi connectivity index (χ4v) is 1.49. The first kappa shape index (κ1) is 9.54. The van der Waals surface area contributed by atoms with Crippen LogP contribution in [0, 0.1) is 0 Å². The van der Waals surface area contributed by atoms with Gasteiger partial charge in [-0.15, -0.1) is 0 Å². The molecule has 0 spiro atoms. The molecule has 0 radical (unpaired) electrons. The molecule has 2 aromatic rings. The van der Waals surface area contributed by atoms with Crippen LogP contribution < -0.4 is 4.84 Å². The fraction of sp³-hybridized carbons (Fsp3) is 0.100. The Morgan fingerprint density at radius 1 is 1.40 bits per heavy atom. The molecule has 0 amide bonds. The third-order valence-electron chi connectivity index (χ3n) is 2.11. The quantitative estimate of drug-likeness (QED) is 0.727. The summed E-state index contributed by atoms with van der Waals surface area (Å²) < 4.78 is 1.25.